The Labute approximate surface area is 118 Å². The van der Waals surface area contributed by atoms with Crippen LogP contribution in [0.4, 0.5) is 0 Å². The molecular weight excluding hydrogens is 236 g/mol. The molecule has 0 radical (unpaired) electrons. The minimum Gasteiger partial charge on any atom is -0.342 e. The number of nitrogens with zero attached hydrogens (tertiary/aromatic N) is 1. The van der Waals surface area contributed by atoms with Gasteiger partial charge in [-0.3, -0.25) is 4.79 Å². The molecule has 110 valence electrons. The molecule has 2 rings (SSSR count). The number of carbonyl (C=O) groups excluding carboxylic acids is 1. The predicted octanol–water partition coefficient (Wildman–Crippen LogP) is 2.66. The number of likely N-dealkylation sites (N-methyl/N-ethyl adjacent to an activating group) is 1. The molecule has 0 aromatic rings. The summed E-state index contributed by atoms with van der Waals surface area (Å²) in [6.07, 6.45) is 5.68. The van der Waals surface area contributed by atoms with Gasteiger partial charge in [0.1, 0.15) is 0 Å². The average molecular weight is 266 g/mol. The van der Waals surface area contributed by atoms with Crippen LogP contribution >= 0.6 is 0 Å². The second-order valence-corrected chi connectivity index (χ2v) is 6.53. The molecule has 19 heavy (non-hydrogen) atoms. The molecule has 0 aliphatic heterocycles. The quantitative estimate of drug-likeness (QED) is 0.801. The van der Waals surface area contributed by atoms with E-state index in [0.29, 0.717) is 6.04 Å². The summed E-state index contributed by atoms with van der Waals surface area (Å²) in [5.74, 6) is 2.95. The van der Waals surface area contributed by atoms with E-state index in [4.69, 9.17) is 0 Å². The summed E-state index contributed by atoms with van der Waals surface area (Å²) in [5, 5.41) is 3.56. The molecule has 1 N–H and O–H groups in total. The van der Waals surface area contributed by atoms with Crippen molar-refractivity contribution in [3.63, 3.8) is 0 Å². The van der Waals surface area contributed by atoms with Gasteiger partial charge in [0.15, 0.2) is 0 Å². The number of fused-ring (bicyclic) bond motifs is 2. The third kappa shape index (κ3) is 3.13. The molecule has 1 amide bonds. The zero-order valence-corrected chi connectivity index (χ0v) is 13.0. The molecule has 0 saturated heterocycles. The molecule has 0 spiro atoms. The maximum atomic E-state index is 12.3. The lowest BCUT2D eigenvalue weighted by atomic mass is 9.84. The fourth-order valence-corrected chi connectivity index (χ4v) is 4.30. The zero-order valence-electron chi connectivity index (χ0n) is 13.0. The topological polar surface area (TPSA) is 32.3 Å². The van der Waals surface area contributed by atoms with E-state index in [0.717, 1.165) is 30.8 Å². The SMILES string of the molecule is CCN(CC)C(=O)C(C)NC(C)C1C[C@H]2CC[C@@H]1C2. The second-order valence-electron chi connectivity index (χ2n) is 6.53. The van der Waals surface area contributed by atoms with E-state index in [1.54, 1.807) is 0 Å². The Balaban J connectivity index is 1.84. The summed E-state index contributed by atoms with van der Waals surface area (Å²) < 4.78 is 0. The lowest BCUT2D eigenvalue weighted by Crippen LogP contribution is -2.50. The van der Waals surface area contributed by atoms with Crippen LogP contribution < -0.4 is 5.32 Å². The Kier molecular flexibility index (Phi) is 4.88. The fraction of sp³-hybridized carbons (Fsp3) is 0.938. The molecule has 2 saturated carbocycles. The van der Waals surface area contributed by atoms with E-state index in [1.165, 1.54) is 25.7 Å². The number of hydrogen-bond donors (Lipinski definition) is 1. The standard InChI is InChI=1S/C16H30N2O/c1-5-18(6-2)16(19)12(4)17-11(3)15-10-13-7-8-14(15)9-13/h11-15,17H,5-10H2,1-4H3/t11?,12?,13-,14+,15?/m0/s1. The number of nitrogens with one attached hydrogen (secondary N) is 1. The van der Waals surface area contributed by atoms with Gasteiger partial charge in [-0.25, -0.2) is 0 Å². The fourth-order valence-electron chi connectivity index (χ4n) is 4.30. The van der Waals surface area contributed by atoms with Gasteiger partial charge in [-0.1, -0.05) is 6.42 Å². The van der Waals surface area contributed by atoms with E-state index in [1.807, 2.05) is 25.7 Å². The highest BCUT2D eigenvalue weighted by atomic mass is 16.2. The van der Waals surface area contributed by atoms with Crippen LogP contribution in [-0.4, -0.2) is 36.0 Å². The molecule has 0 aromatic heterocycles. The van der Waals surface area contributed by atoms with Crippen LogP contribution in [0.2, 0.25) is 0 Å². The summed E-state index contributed by atoms with van der Waals surface area (Å²) >= 11 is 0. The molecule has 2 aliphatic rings. The van der Waals surface area contributed by atoms with Crippen molar-refractivity contribution in [2.24, 2.45) is 17.8 Å². The number of hydrogen-bond acceptors (Lipinski definition) is 2. The van der Waals surface area contributed by atoms with Gasteiger partial charge in [0.05, 0.1) is 6.04 Å². The van der Waals surface area contributed by atoms with Crippen molar-refractivity contribution >= 4 is 5.91 Å². The van der Waals surface area contributed by atoms with Crippen LogP contribution in [0.5, 0.6) is 0 Å². The van der Waals surface area contributed by atoms with Crippen molar-refractivity contribution in [1.82, 2.24) is 10.2 Å². The number of rotatable bonds is 6. The third-order valence-electron chi connectivity index (χ3n) is 5.39. The van der Waals surface area contributed by atoms with Crippen LogP contribution in [0.15, 0.2) is 0 Å². The van der Waals surface area contributed by atoms with E-state index in [9.17, 15) is 4.79 Å². The third-order valence-corrected chi connectivity index (χ3v) is 5.39. The van der Waals surface area contributed by atoms with Crippen LogP contribution in [0, 0.1) is 17.8 Å². The highest BCUT2D eigenvalue weighted by Gasteiger charge is 2.42. The molecule has 2 bridgehead atoms. The van der Waals surface area contributed by atoms with Gasteiger partial charge in [-0.05, 0) is 64.7 Å². The monoisotopic (exact) mass is 266 g/mol. The van der Waals surface area contributed by atoms with Crippen LogP contribution in [0.3, 0.4) is 0 Å². The summed E-state index contributed by atoms with van der Waals surface area (Å²) in [4.78, 5) is 14.2. The molecule has 3 nitrogen and oxygen atoms in total. The summed E-state index contributed by atoms with van der Waals surface area (Å²) in [5.41, 5.74) is 0. The smallest absolute Gasteiger partial charge is 0.239 e. The van der Waals surface area contributed by atoms with Gasteiger partial charge in [0, 0.05) is 19.1 Å². The predicted molar refractivity (Wildman–Crippen MR) is 78.9 cm³/mol. The first kappa shape index (κ1) is 14.8. The van der Waals surface area contributed by atoms with Crippen molar-refractivity contribution in [2.75, 3.05) is 13.1 Å². The Morgan fingerprint density at radius 3 is 2.37 bits per heavy atom. The Morgan fingerprint density at radius 1 is 1.21 bits per heavy atom. The van der Waals surface area contributed by atoms with Gasteiger partial charge in [0.2, 0.25) is 5.91 Å². The highest BCUT2D eigenvalue weighted by molar-refractivity contribution is 5.81. The molecule has 3 heteroatoms. The largest absolute Gasteiger partial charge is 0.342 e. The van der Waals surface area contributed by atoms with Crippen molar-refractivity contribution in [1.29, 1.82) is 0 Å². The van der Waals surface area contributed by atoms with Crippen LogP contribution in [0.25, 0.3) is 0 Å². The molecule has 3 unspecified atom stereocenters. The summed E-state index contributed by atoms with van der Waals surface area (Å²) in [6, 6.07) is 0.429. The molecular formula is C16H30N2O. The minimum atomic E-state index is -0.0472. The van der Waals surface area contributed by atoms with Gasteiger partial charge >= 0.3 is 0 Å². The molecule has 2 aliphatic carbocycles. The van der Waals surface area contributed by atoms with Gasteiger partial charge in [0.25, 0.3) is 0 Å². The minimum absolute atomic E-state index is 0.0472. The van der Waals surface area contributed by atoms with Crippen molar-refractivity contribution in [3.05, 3.63) is 0 Å². The lowest BCUT2D eigenvalue weighted by molar-refractivity contribution is -0.132. The van der Waals surface area contributed by atoms with Gasteiger partial charge < -0.3 is 10.2 Å². The molecule has 0 heterocycles. The average Bonchev–Trinajstić information content (AvgIpc) is 3.02. The first-order valence-corrected chi connectivity index (χ1v) is 8.11. The van der Waals surface area contributed by atoms with Crippen molar-refractivity contribution < 1.29 is 4.79 Å². The second kappa shape index (κ2) is 6.25. The molecule has 5 atom stereocenters. The lowest BCUT2D eigenvalue weighted by Gasteiger charge is -2.32. The maximum absolute atomic E-state index is 12.3. The van der Waals surface area contributed by atoms with Gasteiger partial charge in [-0.2, -0.15) is 0 Å². The normalized spacial score (nSPS) is 32.3. The maximum Gasteiger partial charge on any atom is 0.239 e. The van der Waals surface area contributed by atoms with E-state index in [-0.39, 0.29) is 11.9 Å². The Hall–Kier alpha value is -0.570. The van der Waals surface area contributed by atoms with Crippen molar-refractivity contribution in [2.45, 2.75) is 65.5 Å². The van der Waals surface area contributed by atoms with Crippen LogP contribution in [-0.2, 0) is 4.79 Å². The summed E-state index contributed by atoms with van der Waals surface area (Å²) in [6.45, 7) is 10.0. The van der Waals surface area contributed by atoms with E-state index in [2.05, 4.69) is 12.2 Å². The first-order chi connectivity index (χ1) is 9.06. The number of carbonyl (C=O) groups is 1. The van der Waals surface area contributed by atoms with Crippen LogP contribution in [0.1, 0.15) is 53.4 Å². The Bertz CT molecular complexity index is 314. The first-order valence-electron chi connectivity index (χ1n) is 8.11. The zero-order chi connectivity index (χ0) is 14.0. The van der Waals surface area contributed by atoms with E-state index >= 15 is 0 Å². The number of amides is 1. The molecule has 0 aromatic carbocycles. The molecule has 2 fully saturated rings. The summed E-state index contributed by atoms with van der Waals surface area (Å²) in [7, 11) is 0. The van der Waals surface area contributed by atoms with Crippen molar-refractivity contribution in [3.8, 4) is 0 Å². The van der Waals surface area contributed by atoms with Gasteiger partial charge in [-0.15, -0.1) is 0 Å². The highest BCUT2D eigenvalue weighted by Crippen LogP contribution is 2.49. The van der Waals surface area contributed by atoms with E-state index < -0.39 is 0 Å². The Morgan fingerprint density at radius 2 is 1.89 bits per heavy atom.